The van der Waals surface area contributed by atoms with Crippen LogP contribution in [0, 0.1) is 0 Å². The Labute approximate surface area is 159 Å². The molecule has 0 radical (unpaired) electrons. The molecular weight excluding hydrogens is 342 g/mol. The first kappa shape index (κ1) is 18.9. The van der Waals surface area contributed by atoms with E-state index in [4.69, 9.17) is 4.74 Å². The van der Waals surface area contributed by atoms with Crippen LogP contribution in [0.1, 0.15) is 52.1 Å². The lowest BCUT2D eigenvalue weighted by Crippen LogP contribution is -2.33. The maximum Gasteiger partial charge on any atom is 0.269 e. The molecule has 0 bridgehead atoms. The summed E-state index contributed by atoms with van der Waals surface area (Å²) in [7, 11) is 1.63. The first-order chi connectivity index (χ1) is 13.2. The molecule has 2 aromatic rings. The zero-order valence-electron chi connectivity index (χ0n) is 15.5. The Hall–Kier alpha value is -2.89. The van der Waals surface area contributed by atoms with Crippen LogP contribution in [-0.2, 0) is 6.42 Å². The van der Waals surface area contributed by atoms with Gasteiger partial charge in [-0.2, -0.15) is 0 Å². The lowest BCUT2D eigenvalue weighted by atomic mass is 10.1. The normalized spacial score (nSPS) is 14.0. The minimum absolute atomic E-state index is 0.146. The second-order valence-electron chi connectivity index (χ2n) is 6.70. The summed E-state index contributed by atoms with van der Waals surface area (Å²) < 4.78 is 5.31. The number of nitrogens with zero attached hydrogens (tertiary/aromatic N) is 1. The van der Waals surface area contributed by atoms with E-state index in [9.17, 15) is 9.59 Å². The van der Waals surface area contributed by atoms with Crippen LogP contribution >= 0.6 is 0 Å². The molecule has 1 saturated carbocycles. The van der Waals surface area contributed by atoms with Gasteiger partial charge in [0.2, 0.25) is 0 Å². The lowest BCUT2D eigenvalue weighted by molar-refractivity contribution is 0.0937. The van der Waals surface area contributed by atoms with Crippen molar-refractivity contribution in [1.29, 1.82) is 0 Å². The van der Waals surface area contributed by atoms with E-state index in [0.717, 1.165) is 37.0 Å². The van der Waals surface area contributed by atoms with Gasteiger partial charge in [-0.25, -0.2) is 0 Å². The van der Waals surface area contributed by atoms with Crippen LogP contribution in [0.4, 0.5) is 0 Å². The highest BCUT2D eigenvalue weighted by atomic mass is 16.5. The maximum absolute atomic E-state index is 12.4. The molecule has 6 nitrogen and oxygen atoms in total. The third kappa shape index (κ3) is 5.06. The molecule has 2 amide bonds. The summed E-state index contributed by atoms with van der Waals surface area (Å²) in [5, 5.41) is 5.88. The zero-order valence-corrected chi connectivity index (χ0v) is 15.5. The van der Waals surface area contributed by atoms with Crippen LogP contribution in [0.5, 0.6) is 5.75 Å². The Morgan fingerprint density at radius 1 is 1.15 bits per heavy atom. The highest BCUT2D eigenvalue weighted by Gasteiger charge is 2.19. The van der Waals surface area contributed by atoms with Gasteiger partial charge in [0.25, 0.3) is 11.8 Å². The number of methoxy groups -OCH3 is 1. The number of carbonyl (C=O) groups excluding carboxylic acids is 2. The molecule has 0 spiro atoms. The molecule has 0 atom stereocenters. The molecule has 1 aliphatic rings. The molecule has 1 aliphatic carbocycles. The Morgan fingerprint density at radius 3 is 2.70 bits per heavy atom. The second-order valence-corrected chi connectivity index (χ2v) is 6.70. The van der Waals surface area contributed by atoms with E-state index in [2.05, 4.69) is 15.6 Å². The summed E-state index contributed by atoms with van der Waals surface area (Å²) >= 11 is 0. The molecule has 3 rings (SSSR count). The van der Waals surface area contributed by atoms with Crippen molar-refractivity contribution in [2.24, 2.45) is 0 Å². The average molecular weight is 367 g/mol. The molecule has 27 heavy (non-hydrogen) atoms. The third-order valence-corrected chi connectivity index (χ3v) is 4.82. The lowest BCUT2D eigenvalue weighted by Gasteiger charge is -2.12. The topological polar surface area (TPSA) is 80.3 Å². The minimum Gasteiger partial charge on any atom is -0.496 e. The van der Waals surface area contributed by atoms with Gasteiger partial charge < -0.3 is 15.4 Å². The number of hydrogen-bond donors (Lipinski definition) is 2. The number of hydrogen-bond acceptors (Lipinski definition) is 4. The first-order valence-electron chi connectivity index (χ1n) is 9.34. The first-order valence-corrected chi connectivity index (χ1v) is 9.34. The van der Waals surface area contributed by atoms with Gasteiger partial charge in [-0.1, -0.05) is 31.0 Å². The van der Waals surface area contributed by atoms with Gasteiger partial charge in [-0.3, -0.25) is 14.6 Å². The van der Waals surface area contributed by atoms with Crippen molar-refractivity contribution in [3.8, 4) is 5.75 Å². The third-order valence-electron chi connectivity index (χ3n) is 4.82. The number of nitrogens with one attached hydrogen (secondary N) is 2. The zero-order chi connectivity index (χ0) is 19.1. The van der Waals surface area contributed by atoms with Gasteiger partial charge in [-0.15, -0.1) is 0 Å². The fraction of sp³-hybridized carbons (Fsp3) is 0.381. The SMILES string of the molecule is COc1ccccc1CCNC(=O)c1cc(C(=O)NC2CCCC2)ccn1. The molecular formula is C21H25N3O3. The van der Waals surface area contributed by atoms with Crippen LogP contribution in [0.25, 0.3) is 0 Å². The Morgan fingerprint density at radius 2 is 1.93 bits per heavy atom. The van der Waals surface area contributed by atoms with E-state index < -0.39 is 0 Å². The van der Waals surface area contributed by atoms with Gasteiger partial charge >= 0.3 is 0 Å². The van der Waals surface area contributed by atoms with Crippen molar-refractivity contribution < 1.29 is 14.3 Å². The summed E-state index contributed by atoms with van der Waals surface area (Å²) in [4.78, 5) is 28.8. The average Bonchev–Trinajstić information content (AvgIpc) is 3.21. The quantitative estimate of drug-likeness (QED) is 0.789. The van der Waals surface area contributed by atoms with E-state index in [1.807, 2.05) is 24.3 Å². The minimum atomic E-state index is -0.291. The van der Waals surface area contributed by atoms with Gasteiger partial charge in [0.05, 0.1) is 7.11 Å². The summed E-state index contributed by atoms with van der Waals surface area (Å²) in [6.07, 6.45) is 6.50. The molecule has 1 fully saturated rings. The molecule has 0 aliphatic heterocycles. The van der Waals surface area contributed by atoms with Crippen LogP contribution in [0.15, 0.2) is 42.6 Å². The largest absolute Gasteiger partial charge is 0.496 e. The highest BCUT2D eigenvalue weighted by molar-refractivity contribution is 5.98. The summed E-state index contributed by atoms with van der Waals surface area (Å²) in [6.45, 7) is 0.458. The highest BCUT2D eigenvalue weighted by Crippen LogP contribution is 2.18. The van der Waals surface area contributed by atoms with Gasteiger partial charge in [0, 0.05) is 24.3 Å². The van der Waals surface area contributed by atoms with Gasteiger partial charge in [0.1, 0.15) is 11.4 Å². The smallest absolute Gasteiger partial charge is 0.269 e. The van der Waals surface area contributed by atoms with Crippen molar-refractivity contribution in [3.63, 3.8) is 0 Å². The molecule has 142 valence electrons. The molecule has 1 aromatic carbocycles. The van der Waals surface area contributed by atoms with Crippen molar-refractivity contribution in [3.05, 3.63) is 59.4 Å². The van der Waals surface area contributed by atoms with Crippen LogP contribution < -0.4 is 15.4 Å². The molecule has 2 N–H and O–H groups in total. The second kappa shape index (κ2) is 9.16. The van der Waals surface area contributed by atoms with E-state index in [1.165, 1.54) is 6.20 Å². The number of para-hydroxylation sites is 1. The van der Waals surface area contributed by atoms with Gasteiger partial charge in [-0.05, 0) is 43.0 Å². The van der Waals surface area contributed by atoms with E-state index in [-0.39, 0.29) is 23.6 Å². The fourth-order valence-electron chi connectivity index (χ4n) is 3.35. The molecule has 0 unspecified atom stereocenters. The van der Waals surface area contributed by atoms with Crippen molar-refractivity contribution in [2.75, 3.05) is 13.7 Å². The molecule has 1 heterocycles. The van der Waals surface area contributed by atoms with Crippen molar-refractivity contribution in [1.82, 2.24) is 15.6 Å². The van der Waals surface area contributed by atoms with Crippen molar-refractivity contribution >= 4 is 11.8 Å². The predicted molar refractivity (Wildman–Crippen MR) is 103 cm³/mol. The summed E-state index contributed by atoms with van der Waals surface area (Å²) in [5.41, 5.74) is 1.74. The fourth-order valence-corrected chi connectivity index (χ4v) is 3.35. The van der Waals surface area contributed by atoms with E-state index >= 15 is 0 Å². The van der Waals surface area contributed by atoms with E-state index in [1.54, 1.807) is 19.2 Å². The standard InChI is InChI=1S/C21H25N3O3/c1-27-19-9-5-2-6-15(19)10-13-23-21(26)18-14-16(11-12-22-18)20(25)24-17-7-3-4-8-17/h2,5-6,9,11-12,14,17H,3-4,7-8,10,13H2,1H3,(H,23,26)(H,24,25). The molecule has 6 heteroatoms. The monoisotopic (exact) mass is 367 g/mol. The van der Waals surface area contributed by atoms with Gasteiger partial charge in [0.15, 0.2) is 0 Å². The number of ether oxygens (including phenoxy) is 1. The predicted octanol–water partition coefficient (Wildman–Crippen LogP) is 2.74. The summed E-state index contributed by atoms with van der Waals surface area (Å²) in [5.74, 6) is 0.364. The molecule has 1 aromatic heterocycles. The molecule has 0 saturated heterocycles. The van der Waals surface area contributed by atoms with Crippen LogP contribution in [-0.4, -0.2) is 36.5 Å². The maximum atomic E-state index is 12.4. The number of amides is 2. The number of rotatable bonds is 7. The van der Waals surface area contributed by atoms with Crippen LogP contribution in [0.2, 0.25) is 0 Å². The number of carbonyl (C=O) groups is 2. The van der Waals surface area contributed by atoms with Crippen molar-refractivity contribution in [2.45, 2.75) is 38.1 Å². The van der Waals surface area contributed by atoms with Crippen LogP contribution in [0.3, 0.4) is 0 Å². The Balaban J connectivity index is 1.56. The Bertz CT molecular complexity index is 801. The summed E-state index contributed by atoms with van der Waals surface area (Å²) in [6, 6.07) is 11.1. The Kier molecular flexibility index (Phi) is 6.41. The van der Waals surface area contributed by atoms with E-state index in [0.29, 0.717) is 18.5 Å². The number of benzene rings is 1. The number of aromatic nitrogens is 1. The number of pyridine rings is 1.